The van der Waals surface area contributed by atoms with Gasteiger partial charge in [0.25, 0.3) is 0 Å². The largest absolute Gasteiger partial charge is 0.476 e. The highest BCUT2D eigenvalue weighted by atomic mass is 16.4. The van der Waals surface area contributed by atoms with Crippen LogP contribution in [-0.2, 0) is 24.3 Å². The van der Waals surface area contributed by atoms with Crippen LogP contribution in [0.5, 0.6) is 0 Å². The van der Waals surface area contributed by atoms with E-state index in [1.807, 2.05) is 12.1 Å². The summed E-state index contributed by atoms with van der Waals surface area (Å²) in [6.45, 7) is 0.798. The van der Waals surface area contributed by atoms with E-state index in [1.165, 1.54) is 10.9 Å². The lowest BCUT2D eigenvalue weighted by Crippen LogP contribution is -2.19. The first kappa shape index (κ1) is 16.9. The van der Waals surface area contributed by atoms with Gasteiger partial charge in [0.1, 0.15) is 12.4 Å². The number of hydrogen-bond acceptors (Lipinski definition) is 6. The van der Waals surface area contributed by atoms with Crippen LogP contribution in [0.15, 0.2) is 30.5 Å². The maximum atomic E-state index is 12.1. The number of carboxylic acids is 1. The number of benzene rings is 1. The molecule has 4 rings (SSSR count). The Kier molecular flexibility index (Phi) is 4.37. The van der Waals surface area contributed by atoms with Crippen LogP contribution in [0.25, 0.3) is 11.4 Å². The summed E-state index contributed by atoms with van der Waals surface area (Å²) in [7, 11) is 0. The lowest BCUT2D eigenvalue weighted by Gasteiger charge is -2.14. The molecule has 0 atom stereocenters. The van der Waals surface area contributed by atoms with Gasteiger partial charge in [-0.2, -0.15) is 0 Å². The van der Waals surface area contributed by atoms with E-state index < -0.39 is 5.97 Å². The molecule has 10 heteroatoms. The van der Waals surface area contributed by atoms with Crippen LogP contribution in [-0.4, -0.2) is 46.7 Å². The van der Waals surface area contributed by atoms with Gasteiger partial charge in [0.05, 0.1) is 6.20 Å². The Morgan fingerprint density at radius 2 is 1.93 bits per heavy atom. The first-order valence-corrected chi connectivity index (χ1v) is 8.56. The molecule has 0 fully saturated rings. The van der Waals surface area contributed by atoms with Gasteiger partial charge in [-0.05, 0) is 37.1 Å². The Balaban J connectivity index is 1.42. The summed E-state index contributed by atoms with van der Waals surface area (Å²) < 4.78 is 3.32. The second kappa shape index (κ2) is 6.98. The summed E-state index contributed by atoms with van der Waals surface area (Å²) in [5.74, 6) is 0.339. The van der Waals surface area contributed by atoms with Crippen molar-refractivity contribution in [3.8, 4) is 11.4 Å². The van der Waals surface area contributed by atoms with Crippen molar-refractivity contribution >= 4 is 17.6 Å². The topological polar surface area (TPSA) is 128 Å². The van der Waals surface area contributed by atoms with Gasteiger partial charge in [-0.1, -0.05) is 5.21 Å². The zero-order valence-corrected chi connectivity index (χ0v) is 14.4. The molecule has 3 aromatic rings. The quantitative estimate of drug-likeness (QED) is 0.693. The Morgan fingerprint density at radius 1 is 1.11 bits per heavy atom. The average Bonchev–Trinajstić information content (AvgIpc) is 3.29. The standard InChI is InChI=1S/C17H17N7O3/c25-15(10-23-9-13(17(26)27)19-22-23)18-12-6-4-11(5-7-12)16-21-20-14-3-1-2-8-24(14)16/h4-7,9H,1-3,8,10H2,(H,18,25)(H,26,27). The number of carboxylic acid groups (broad SMARTS) is 1. The van der Waals surface area contributed by atoms with Crippen LogP contribution in [0.2, 0.25) is 0 Å². The van der Waals surface area contributed by atoms with E-state index in [-0.39, 0.29) is 18.1 Å². The average molecular weight is 367 g/mol. The Morgan fingerprint density at radius 3 is 2.67 bits per heavy atom. The Labute approximate surface area is 153 Å². The molecule has 2 aromatic heterocycles. The van der Waals surface area contributed by atoms with Gasteiger partial charge < -0.3 is 15.0 Å². The normalized spacial score (nSPS) is 13.2. The lowest BCUT2D eigenvalue weighted by atomic mass is 10.1. The van der Waals surface area contributed by atoms with E-state index in [0.717, 1.165) is 43.0 Å². The third kappa shape index (κ3) is 3.54. The zero-order valence-electron chi connectivity index (χ0n) is 14.4. The second-order valence-electron chi connectivity index (χ2n) is 6.28. The van der Waals surface area contributed by atoms with E-state index in [2.05, 4.69) is 30.4 Å². The van der Waals surface area contributed by atoms with Crippen molar-refractivity contribution in [2.24, 2.45) is 0 Å². The molecule has 10 nitrogen and oxygen atoms in total. The van der Waals surface area contributed by atoms with Gasteiger partial charge in [-0.3, -0.25) is 4.79 Å². The van der Waals surface area contributed by atoms with Crippen molar-refractivity contribution in [1.29, 1.82) is 0 Å². The smallest absolute Gasteiger partial charge is 0.358 e. The minimum absolute atomic E-state index is 0.125. The highest BCUT2D eigenvalue weighted by Crippen LogP contribution is 2.24. The fraction of sp³-hybridized carbons (Fsp3) is 0.294. The predicted octanol–water partition coefficient (Wildman–Crippen LogP) is 1.21. The number of aromatic carboxylic acids is 1. The van der Waals surface area contributed by atoms with Crippen LogP contribution in [0, 0.1) is 0 Å². The number of fused-ring (bicyclic) bond motifs is 1. The SMILES string of the molecule is O=C(Cn1cc(C(=O)O)nn1)Nc1ccc(-c2nnc3n2CCCC3)cc1. The summed E-state index contributed by atoms with van der Waals surface area (Å²) in [5, 5.41) is 27.2. The molecule has 0 saturated heterocycles. The highest BCUT2D eigenvalue weighted by Gasteiger charge is 2.17. The molecule has 0 unspecified atom stereocenters. The number of carbonyl (C=O) groups is 2. The zero-order chi connectivity index (χ0) is 18.8. The van der Waals surface area contributed by atoms with Crippen LogP contribution in [0.3, 0.4) is 0 Å². The first-order chi connectivity index (χ1) is 13.1. The van der Waals surface area contributed by atoms with Crippen molar-refractivity contribution in [1.82, 2.24) is 29.8 Å². The minimum atomic E-state index is -1.19. The number of aromatic nitrogens is 6. The van der Waals surface area contributed by atoms with Crippen molar-refractivity contribution in [3.05, 3.63) is 42.0 Å². The van der Waals surface area contributed by atoms with Gasteiger partial charge >= 0.3 is 5.97 Å². The number of amides is 1. The van der Waals surface area contributed by atoms with Crippen LogP contribution in [0.1, 0.15) is 29.2 Å². The second-order valence-corrected chi connectivity index (χ2v) is 6.28. The molecule has 0 bridgehead atoms. The number of anilines is 1. The summed E-state index contributed by atoms with van der Waals surface area (Å²) >= 11 is 0. The molecule has 1 aliphatic heterocycles. The first-order valence-electron chi connectivity index (χ1n) is 8.56. The molecule has 2 N–H and O–H groups in total. The van der Waals surface area contributed by atoms with Crippen molar-refractivity contribution in [3.63, 3.8) is 0 Å². The molecule has 0 aliphatic carbocycles. The molecular weight excluding hydrogens is 350 g/mol. The fourth-order valence-electron chi connectivity index (χ4n) is 3.05. The summed E-state index contributed by atoms with van der Waals surface area (Å²) in [4.78, 5) is 22.9. The lowest BCUT2D eigenvalue weighted by molar-refractivity contribution is -0.116. The van der Waals surface area contributed by atoms with Gasteiger partial charge in [-0.25, -0.2) is 9.48 Å². The maximum absolute atomic E-state index is 12.1. The van der Waals surface area contributed by atoms with Crippen LogP contribution < -0.4 is 5.32 Å². The van der Waals surface area contributed by atoms with Gasteiger partial charge in [0.15, 0.2) is 11.5 Å². The molecular formula is C17H17N7O3. The molecule has 138 valence electrons. The predicted molar refractivity (Wildman–Crippen MR) is 94.0 cm³/mol. The van der Waals surface area contributed by atoms with E-state index in [1.54, 1.807) is 12.1 Å². The molecule has 0 radical (unpaired) electrons. The number of carbonyl (C=O) groups excluding carboxylic acids is 1. The van der Waals surface area contributed by atoms with Gasteiger partial charge in [0, 0.05) is 24.2 Å². The van der Waals surface area contributed by atoms with Crippen molar-refractivity contribution < 1.29 is 14.7 Å². The Bertz CT molecular complexity index is 990. The van der Waals surface area contributed by atoms with Crippen LogP contribution >= 0.6 is 0 Å². The molecule has 1 aliphatic rings. The molecule has 1 aromatic carbocycles. The summed E-state index contributed by atoms with van der Waals surface area (Å²) in [6, 6.07) is 7.36. The van der Waals surface area contributed by atoms with E-state index >= 15 is 0 Å². The van der Waals surface area contributed by atoms with Gasteiger partial charge in [-0.15, -0.1) is 15.3 Å². The summed E-state index contributed by atoms with van der Waals surface area (Å²) in [6.07, 6.45) is 4.42. The van der Waals surface area contributed by atoms with E-state index in [0.29, 0.717) is 5.69 Å². The molecule has 27 heavy (non-hydrogen) atoms. The number of rotatable bonds is 5. The highest BCUT2D eigenvalue weighted by molar-refractivity contribution is 5.91. The van der Waals surface area contributed by atoms with Crippen molar-refractivity contribution in [2.45, 2.75) is 32.4 Å². The third-order valence-corrected chi connectivity index (χ3v) is 4.35. The molecule has 1 amide bonds. The monoisotopic (exact) mass is 367 g/mol. The molecule has 0 spiro atoms. The van der Waals surface area contributed by atoms with Crippen molar-refractivity contribution in [2.75, 3.05) is 5.32 Å². The molecule has 3 heterocycles. The number of hydrogen-bond donors (Lipinski definition) is 2. The van der Waals surface area contributed by atoms with Crippen LogP contribution in [0.4, 0.5) is 5.69 Å². The summed E-state index contributed by atoms with van der Waals surface area (Å²) in [5.41, 5.74) is 1.36. The fourth-order valence-corrected chi connectivity index (χ4v) is 3.05. The van der Waals surface area contributed by atoms with Gasteiger partial charge in [0.2, 0.25) is 5.91 Å². The number of aryl methyl sites for hydroxylation is 1. The number of nitrogens with zero attached hydrogens (tertiary/aromatic N) is 6. The maximum Gasteiger partial charge on any atom is 0.358 e. The van der Waals surface area contributed by atoms with E-state index in [9.17, 15) is 9.59 Å². The minimum Gasteiger partial charge on any atom is -0.476 e. The Hall–Kier alpha value is -3.56. The number of nitrogens with one attached hydrogen (secondary N) is 1. The third-order valence-electron chi connectivity index (χ3n) is 4.35. The molecule has 0 saturated carbocycles. The van der Waals surface area contributed by atoms with E-state index in [4.69, 9.17) is 5.11 Å².